The second kappa shape index (κ2) is 7.50. The Kier molecular flexibility index (Phi) is 5.61. The fraction of sp³-hybridized carbons (Fsp3) is 0.529. The third-order valence-electron chi connectivity index (χ3n) is 3.73. The minimum absolute atomic E-state index is 0.0955. The Morgan fingerprint density at radius 3 is 2.40 bits per heavy atom. The van der Waals surface area contributed by atoms with Gasteiger partial charge in [-0.1, -0.05) is 0 Å². The summed E-state index contributed by atoms with van der Waals surface area (Å²) in [6.07, 6.45) is 1.15. The lowest BCUT2D eigenvalue weighted by atomic mass is 10.2. The number of nitrogens with zero attached hydrogens (tertiary/aromatic N) is 1. The summed E-state index contributed by atoms with van der Waals surface area (Å²) < 4.78 is 10.7. The van der Waals surface area contributed by atoms with Crippen molar-refractivity contribution in [1.82, 2.24) is 5.32 Å². The summed E-state index contributed by atoms with van der Waals surface area (Å²) in [5.74, 6) is -0.571. The summed E-state index contributed by atoms with van der Waals surface area (Å²) in [6.45, 7) is 5.31. The molecule has 1 aliphatic carbocycles. The minimum Gasteiger partial charge on any atom is -0.457 e. The molecular formula is C17H22N2O6. The van der Waals surface area contributed by atoms with Gasteiger partial charge in [-0.15, -0.1) is 0 Å². The first-order valence-corrected chi connectivity index (χ1v) is 8.10. The molecule has 1 fully saturated rings. The van der Waals surface area contributed by atoms with Gasteiger partial charge in [0.15, 0.2) is 0 Å². The van der Waals surface area contributed by atoms with Gasteiger partial charge < -0.3 is 14.8 Å². The highest BCUT2D eigenvalue weighted by atomic mass is 16.6. The molecule has 1 aliphatic rings. The van der Waals surface area contributed by atoms with Crippen LogP contribution in [0.25, 0.3) is 0 Å². The summed E-state index contributed by atoms with van der Waals surface area (Å²) in [5.41, 5.74) is -0.469. The normalized spacial score (nSPS) is 20.0. The number of esters is 1. The number of hydrogen-bond donors (Lipinski definition) is 1. The van der Waals surface area contributed by atoms with E-state index in [1.54, 1.807) is 20.8 Å². The van der Waals surface area contributed by atoms with E-state index in [4.69, 9.17) is 9.47 Å². The summed E-state index contributed by atoms with van der Waals surface area (Å²) >= 11 is 0. The molecule has 8 nitrogen and oxygen atoms in total. The van der Waals surface area contributed by atoms with Crippen molar-refractivity contribution in [2.75, 3.05) is 0 Å². The lowest BCUT2D eigenvalue weighted by Gasteiger charge is -2.24. The zero-order valence-corrected chi connectivity index (χ0v) is 14.5. The van der Waals surface area contributed by atoms with Crippen molar-refractivity contribution in [3.05, 3.63) is 39.9 Å². The number of amides is 1. The Morgan fingerprint density at radius 1 is 1.20 bits per heavy atom. The quantitative estimate of drug-likeness (QED) is 0.507. The molecule has 0 saturated heterocycles. The van der Waals surface area contributed by atoms with E-state index in [0.717, 1.165) is 6.42 Å². The van der Waals surface area contributed by atoms with Crippen molar-refractivity contribution in [3.8, 4) is 0 Å². The van der Waals surface area contributed by atoms with E-state index in [-0.39, 0.29) is 17.3 Å². The number of rotatable bonds is 4. The van der Waals surface area contributed by atoms with Crippen molar-refractivity contribution >= 4 is 17.7 Å². The second-order valence-corrected chi connectivity index (χ2v) is 6.93. The highest BCUT2D eigenvalue weighted by molar-refractivity contribution is 5.89. The van der Waals surface area contributed by atoms with Crippen molar-refractivity contribution in [1.29, 1.82) is 0 Å². The number of alkyl carbamates (subject to hydrolysis) is 1. The van der Waals surface area contributed by atoms with E-state index in [2.05, 4.69) is 5.32 Å². The molecule has 2 rings (SSSR count). The molecule has 1 aromatic rings. The van der Waals surface area contributed by atoms with Crippen LogP contribution < -0.4 is 5.32 Å². The third kappa shape index (κ3) is 5.44. The summed E-state index contributed by atoms with van der Waals surface area (Å²) in [5, 5.41) is 13.4. The van der Waals surface area contributed by atoms with E-state index in [9.17, 15) is 19.7 Å². The van der Waals surface area contributed by atoms with Crippen LogP contribution in [-0.2, 0) is 9.47 Å². The molecule has 0 aromatic heterocycles. The second-order valence-electron chi connectivity index (χ2n) is 6.93. The number of carbonyl (C=O) groups excluding carboxylic acids is 2. The molecule has 1 unspecified atom stereocenters. The van der Waals surface area contributed by atoms with Crippen LogP contribution in [0.2, 0.25) is 0 Å². The SMILES string of the molecule is CC(C)(C)OC(=O)NC1CCC[C@H]1OC(=O)c1ccc([N+](=O)[O-])cc1. The molecule has 2 atom stereocenters. The van der Waals surface area contributed by atoms with Gasteiger partial charge >= 0.3 is 12.1 Å². The van der Waals surface area contributed by atoms with Crippen LogP contribution in [0.15, 0.2) is 24.3 Å². The molecule has 1 aromatic carbocycles. The summed E-state index contributed by atoms with van der Waals surface area (Å²) in [6, 6.07) is 4.90. The van der Waals surface area contributed by atoms with Gasteiger partial charge in [0.2, 0.25) is 0 Å². The minimum atomic E-state index is -0.604. The average molecular weight is 350 g/mol. The van der Waals surface area contributed by atoms with Crippen molar-refractivity contribution < 1.29 is 24.0 Å². The van der Waals surface area contributed by atoms with Gasteiger partial charge in [-0.05, 0) is 52.2 Å². The third-order valence-corrected chi connectivity index (χ3v) is 3.73. The monoisotopic (exact) mass is 350 g/mol. The van der Waals surface area contributed by atoms with Crippen LogP contribution in [0.5, 0.6) is 0 Å². The maximum Gasteiger partial charge on any atom is 0.408 e. The van der Waals surface area contributed by atoms with Crippen LogP contribution in [-0.4, -0.2) is 34.7 Å². The number of non-ortho nitro benzene ring substituents is 1. The first-order chi connectivity index (χ1) is 11.7. The fourth-order valence-electron chi connectivity index (χ4n) is 2.62. The Morgan fingerprint density at radius 2 is 1.84 bits per heavy atom. The molecule has 1 amide bonds. The predicted octanol–water partition coefficient (Wildman–Crippen LogP) is 3.20. The Hall–Kier alpha value is -2.64. The van der Waals surface area contributed by atoms with E-state index in [1.165, 1.54) is 24.3 Å². The Bertz CT molecular complexity index is 650. The number of nitrogens with one attached hydrogen (secondary N) is 1. The lowest BCUT2D eigenvalue weighted by Crippen LogP contribution is -2.44. The van der Waals surface area contributed by atoms with Crippen LogP contribution in [0, 0.1) is 10.1 Å². The standard InChI is InChI=1S/C17H22N2O6/c1-17(2,3)25-16(21)18-13-5-4-6-14(13)24-15(20)11-7-9-12(10-8-11)19(22)23/h7-10,13-14H,4-6H2,1-3H3,(H,18,21)/t13?,14-/m1/s1. The van der Waals surface area contributed by atoms with Gasteiger partial charge in [-0.2, -0.15) is 0 Å². The van der Waals surface area contributed by atoms with Crippen LogP contribution in [0.4, 0.5) is 10.5 Å². The largest absolute Gasteiger partial charge is 0.457 e. The highest BCUT2D eigenvalue weighted by Gasteiger charge is 2.33. The molecule has 25 heavy (non-hydrogen) atoms. The Balaban J connectivity index is 1.94. The average Bonchev–Trinajstić information content (AvgIpc) is 2.92. The molecule has 1 N–H and O–H groups in total. The molecule has 1 saturated carbocycles. The molecule has 0 bridgehead atoms. The van der Waals surface area contributed by atoms with Crippen LogP contribution >= 0.6 is 0 Å². The number of carbonyl (C=O) groups is 2. The van der Waals surface area contributed by atoms with Crippen molar-refractivity contribution in [2.45, 2.75) is 57.8 Å². The van der Waals surface area contributed by atoms with E-state index in [0.29, 0.717) is 12.8 Å². The lowest BCUT2D eigenvalue weighted by molar-refractivity contribution is -0.384. The van der Waals surface area contributed by atoms with Gasteiger partial charge in [0.25, 0.3) is 5.69 Å². The van der Waals surface area contributed by atoms with E-state index in [1.807, 2.05) is 0 Å². The summed E-state index contributed by atoms with van der Waals surface area (Å²) in [7, 11) is 0. The molecule has 0 radical (unpaired) electrons. The maximum atomic E-state index is 12.2. The number of ether oxygens (including phenoxy) is 2. The van der Waals surface area contributed by atoms with Gasteiger partial charge in [-0.25, -0.2) is 9.59 Å². The van der Waals surface area contributed by atoms with Crippen molar-refractivity contribution in [2.24, 2.45) is 0 Å². The van der Waals surface area contributed by atoms with E-state index < -0.39 is 28.7 Å². The predicted molar refractivity (Wildman–Crippen MR) is 89.3 cm³/mol. The zero-order chi connectivity index (χ0) is 18.6. The zero-order valence-electron chi connectivity index (χ0n) is 14.5. The first kappa shape index (κ1) is 18.7. The molecule has 0 spiro atoms. The fourth-order valence-corrected chi connectivity index (χ4v) is 2.62. The summed E-state index contributed by atoms with van der Waals surface area (Å²) in [4.78, 5) is 34.2. The van der Waals surface area contributed by atoms with Gasteiger partial charge in [-0.3, -0.25) is 10.1 Å². The molecular weight excluding hydrogens is 328 g/mol. The number of nitro groups is 1. The number of benzene rings is 1. The van der Waals surface area contributed by atoms with Gasteiger partial charge in [0.1, 0.15) is 11.7 Å². The molecule has 136 valence electrons. The topological polar surface area (TPSA) is 108 Å². The highest BCUT2D eigenvalue weighted by Crippen LogP contribution is 2.24. The number of nitro benzene ring substituents is 1. The smallest absolute Gasteiger partial charge is 0.408 e. The van der Waals surface area contributed by atoms with E-state index >= 15 is 0 Å². The molecule has 0 aliphatic heterocycles. The molecule has 8 heteroatoms. The van der Waals surface area contributed by atoms with Crippen LogP contribution in [0.1, 0.15) is 50.4 Å². The van der Waals surface area contributed by atoms with Gasteiger partial charge in [0.05, 0.1) is 16.5 Å². The van der Waals surface area contributed by atoms with Crippen LogP contribution in [0.3, 0.4) is 0 Å². The maximum absolute atomic E-state index is 12.2. The first-order valence-electron chi connectivity index (χ1n) is 8.10. The Labute approximate surface area is 145 Å². The molecule has 0 heterocycles. The van der Waals surface area contributed by atoms with Gasteiger partial charge in [0, 0.05) is 12.1 Å². The number of hydrogen-bond acceptors (Lipinski definition) is 6. The van der Waals surface area contributed by atoms with Crippen molar-refractivity contribution in [3.63, 3.8) is 0 Å².